The van der Waals surface area contributed by atoms with Crippen LogP contribution in [0.1, 0.15) is 52.9 Å². The van der Waals surface area contributed by atoms with Crippen LogP contribution in [-0.2, 0) is 4.74 Å². The molecule has 1 aromatic heterocycles. The number of carbonyl (C=O) groups is 1. The molecule has 0 saturated heterocycles. The second-order valence-corrected chi connectivity index (χ2v) is 8.61. The number of aromatic nitrogens is 1. The first-order chi connectivity index (χ1) is 13.7. The molecule has 1 aromatic carbocycles. The molecular weight excluding hydrogens is 372 g/mol. The number of benzene rings is 1. The van der Waals surface area contributed by atoms with Gasteiger partial charge in [0, 0.05) is 11.9 Å². The molecule has 2 aromatic rings. The average Bonchev–Trinajstić information content (AvgIpc) is 2.65. The fourth-order valence-electron chi connectivity index (χ4n) is 3.81. The number of hydrogen-bond acceptors (Lipinski definition) is 6. The van der Waals surface area contributed by atoms with Crippen LogP contribution in [0.2, 0.25) is 0 Å². The number of rotatable bonds is 5. The summed E-state index contributed by atoms with van der Waals surface area (Å²) in [5, 5.41) is 18.6. The molecule has 1 saturated carbocycles. The number of alkyl carbamates (subject to hydrolysis) is 1. The smallest absolute Gasteiger partial charge is 0.408 e. The van der Waals surface area contributed by atoms with Crippen LogP contribution >= 0.6 is 0 Å². The summed E-state index contributed by atoms with van der Waals surface area (Å²) in [7, 11) is 0. The van der Waals surface area contributed by atoms with Gasteiger partial charge < -0.3 is 15.4 Å². The lowest BCUT2D eigenvalue weighted by Gasteiger charge is -2.38. The molecule has 3 rings (SSSR count). The van der Waals surface area contributed by atoms with Gasteiger partial charge >= 0.3 is 11.8 Å². The summed E-state index contributed by atoms with van der Waals surface area (Å²) in [4.78, 5) is 27.8. The highest BCUT2D eigenvalue weighted by molar-refractivity contribution is 5.95. The highest BCUT2D eigenvalue weighted by Gasteiger charge is 2.35. The monoisotopic (exact) mass is 400 g/mol. The zero-order valence-corrected chi connectivity index (χ0v) is 17.2. The van der Waals surface area contributed by atoms with E-state index in [-0.39, 0.29) is 5.69 Å². The topological polar surface area (TPSA) is 106 Å². The van der Waals surface area contributed by atoms with Crippen LogP contribution in [0.5, 0.6) is 0 Å². The third-order valence-corrected chi connectivity index (χ3v) is 5.13. The molecule has 156 valence electrons. The van der Waals surface area contributed by atoms with Gasteiger partial charge in [0.2, 0.25) is 0 Å². The maximum absolute atomic E-state index is 12.5. The standard InChI is InChI=1S/C21H28N4O4/c1-20(2,3)29-19(26)24-21(11-7-4-8-12-21)14-23-18-15-9-5-6-10-16(15)22-13-17(18)25(27)28/h5-6,9-10,13H,4,7-8,11-12,14H2,1-3H3,(H,22,23)(H,24,26). The van der Waals surface area contributed by atoms with Crippen LogP contribution in [0, 0.1) is 10.1 Å². The third kappa shape index (κ3) is 5.13. The largest absolute Gasteiger partial charge is 0.444 e. The summed E-state index contributed by atoms with van der Waals surface area (Å²) in [5.74, 6) is 0. The van der Waals surface area contributed by atoms with Crippen molar-refractivity contribution in [3.63, 3.8) is 0 Å². The van der Waals surface area contributed by atoms with Gasteiger partial charge in [-0.25, -0.2) is 9.78 Å². The molecule has 1 amide bonds. The van der Waals surface area contributed by atoms with Gasteiger partial charge in [-0.15, -0.1) is 0 Å². The van der Waals surface area contributed by atoms with E-state index in [1.165, 1.54) is 6.20 Å². The van der Waals surface area contributed by atoms with Gasteiger partial charge in [-0.2, -0.15) is 0 Å². The van der Waals surface area contributed by atoms with Crippen molar-refractivity contribution in [3.05, 3.63) is 40.6 Å². The van der Waals surface area contributed by atoms with E-state index < -0.39 is 22.2 Å². The molecule has 29 heavy (non-hydrogen) atoms. The molecule has 8 nitrogen and oxygen atoms in total. The van der Waals surface area contributed by atoms with Crippen molar-refractivity contribution in [1.82, 2.24) is 10.3 Å². The highest BCUT2D eigenvalue weighted by Crippen LogP contribution is 2.34. The van der Waals surface area contributed by atoms with Gasteiger partial charge in [-0.1, -0.05) is 37.5 Å². The fraction of sp³-hybridized carbons (Fsp3) is 0.524. The van der Waals surface area contributed by atoms with E-state index in [9.17, 15) is 14.9 Å². The van der Waals surface area contributed by atoms with Crippen molar-refractivity contribution in [2.75, 3.05) is 11.9 Å². The Morgan fingerprint density at radius 1 is 1.24 bits per heavy atom. The molecule has 1 aliphatic carbocycles. The summed E-state index contributed by atoms with van der Waals surface area (Å²) in [6, 6.07) is 7.30. The lowest BCUT2D eigenvalue weighted by molar-refractivity contribution is -0.384. The predicted octanol–water partition coefficient (Wildman–Crippen LogP) is 4.78. The molecule has 0 unspecified atom stereocenters. The summed E-state index contributed by atoms with van der Waals surface area (Å²) in [6.45, 7) is 5.85. The number of nitro groups is 1. The average molecular weight is 400 g/mol. The number of ether oxygens (including phenoxy) is 1. The minimum absolute atomic E-state index is 0.0769. The Kier molecular flexibility index (Phi) is 5.91. The Labute approximate surface area is 170 Å². The Hall–Kier alpha value is -2.90. The van der Waals surface area contributed by atoms with Crippen LogP contribution in [0.4, 0.5) is 16.2 Å². The Morgan fingerprint density at radius 2 is 1.93 bits per heavy atom. The fourth-order valence-corrected chi connectivity index (χ4v) is 3.81. The van der Waals surface area contributed by atoms with Crippen LogP contribution in [0.3, 0.4) is 0 Å². The molecule has 2 N–H and O–H groups in total. The van der Waals surface area contributed by atoms with E-state index in [2.05, 4.69) is 15.6 Å². The van der Waals surface area contributed by atoms with Crippen molar-refractivity contribution in [3.8, 4) is 0 Å². The molecule has 1 aliphatic rings. The third-order valence-electron chi connectivity index (χ3n) is 5.13. The van der Waals surface area contributed by atoms with Crippen molar-refractivity contribution in [2.45, 2.75) is 64.0 Å². The van der Waals surface area contributed by atoms with Gasteiger partial charge in [-0.3, -0.25) is 10.1 Å². The maximum atomic E-state index is 12.5. The first-order valence-corrected chi connectivity index (χ1v) is 9.96. The zero-order valence-electron chi connectivity index (χ0n) is 17.2. The van der Waals surface area contributed by atoms with Crippen LogP contribution < -0.4 is 10.6 Å². The Balaban J connectivity index is 1.87. The van der Waals surface area contributed by atoms with Gasteiger partial charge in [-0.05, 0) is 39.7 Å². The second kappa shape index (κ2) is 8.23. The lowest BCUT2D eigenvalue weighted by Crippen LogP contribution is -2.55. The van der Waals surface area contributed by atoms with Crippen molar-refractivity contribution in [1.29, 1.82) is 0 Å². The van der Waals surface area contributed by atoms with E-state index in [0.29, 0.717) is 23.1 Å². The molecule has 8 heteroatoms. The van der Waals surface area contributed by atoms with E-state index >= 15 is 0 Å². The van der Waals surface area contributed by atoms with Crippen molar-refractivity contribution >= 4 is 28.4 Å². The summed E-state index contributed by atoms with van der Waals surface area (Å²) < 4.78 is 5.45. The second-order valence-electron chi connectivity index (χ2n) is 8.61. The molecule has 0 aliphatic heterocycles. The van der Waals surface area contributed by atoms with E-state index in [0.717, 1.165) is 32.1 Å². The minimum atomic E-state index is -0.590. The van der Waals surface area contributed by atoms with Crippen molar-refractivity contribution in [2.24, 2.45) is 0 Å². The maximum Gasteiger partial charge on any atom is 0.408 e. The van der Waals surface area contributed by atoms with Gasteiger partial charge in [0.1, 0.15) is 17.5 Å². The first kappa shape index (κ1) is 20.8. The van der Waals surface area contributed by atoms with E-state index in [4.69, 9.17) is 4.74 Å². The first-order valence-electron chi connectivity index (χ1n) is 9.96. The molecule has 1 heterocycles. The van der Waals surface area contributed by atoms with E-state index in [1.807, 2.05) is 45.0 Å². The number of para-hydroxylation sites is 1. The number of nitrogens with one attached hydrogen (secondary N) is 2. The number of anilines is 1. The minimum Gasteiger partial charge on any atom is -0.444 e. The van der Waals surface area contributed by atoms with Gasteiger partial charge in [0.25, 0.3) is 0 Å². The summed E-state index contributed by atoms with van der Waals surface area (Å²) >= 11 is 0. The predicted molar refractivity (Wildman–Crippen MR) is 112 cm³/mol. The Morgan fingerprint density at radius 3 is 2.59 bits per heavy atom. The van der Waals surface area contributed by atoms with E-state index in [1.54, 1.807) is 0 Å². The number of hydrogen-bond donors (Lipinski definition) is 2. The number of amides is 1. The van der Waals surface area contributed by atoms with Crippen LogP contribution in [0.15, 0.2) is 30.5 Å². The molecule has 0 bridgehead atoms. The normalized spacial score (nSPS) is 16.2. The summed E-state index contributed by atoms with van der Waals surface area (Å²) in [5.41, 5.74) is -0.0754. The van der Waals surface area contributed by atoms with Gasteiger partial charge in [0.05, 0.1) is 16.0 Å². The van der Waals surface area contributed by atoms with Crippen LogP contribution in [0.25, 0.3) is 10.9 Å². The quantitative estimate of drug-likeness (QED) is 0.552. The number of pyridine rings is 1. The number of nitrogens with zero attached hydrogens (tertiary/aromatic N) is 2. The lowest BCUT2D eigenvalue weighted by atomic mass is 9.81. The molecule has 0 atom stereocenters. The molecular formula is C21H28N4O4. The number of fused-ring (bicyclic) bond motifs is 1. The zero-order chi connectivity index (χ0) is 21.1. The van der Waals surface area contributed by atoms with Crippen molar-refractivity contribution < 1.29 is 14.5 Å². The molecule has 0 spiro atoms. The highest BCUT2D eigenvalue weighted by atomic mass is 16.6. The van der Waals surface area contributed by atoms with Gasteiger partial charge in [0.15, 0.2) is 0 Å². The summed E-state index contributed by atoms with van der Waals surface area (Å²) in [6.07, 6.45) is 5.46. The molecule has 1 fully saturated rings. The Bertz CT molecular complexity index is 901. The van der Waals surface area contributed by atoms with Crippen LogP contribution in [-0.4, -0.2) is 33.7 Å². The number of carbonyl (C=O) groups excluding carboxylic acids is 1. The molecule has 0 radical (unpaired) electrons. The SMILES string of the molecule is CC(C)(C)OC(=O)NC1(CNc2c([N+](=O)[O-])cnc3ccccc23)CCCCC1.